The number of hydrogen-bond donors (Lipinski definition) is 2. The zero-order valence-corrected chi connectivity index (χ0v) is 25.2. The van der Waals surface area contributed by atoms with E-state index in [1.165, 1.54) is 35.4 Å². The van der Waals surface area contributed by atoms with Gasteiger partial charge in [-0.05, 0) is 68.3 Å². The van der Waals surface area contributed by atoms with Crippen molar-refractivity contribution in [2.45, 2.75) is 48.6 Å². The zero-order valence-electron chi connectivity index (χ0n) is 23.5. The first-order valence-electron chi connectivity index (χ1n) is 13.4. The van der Waals surface area contributed by atoms with Gasteiger partial charge < -0.3 is 14.9 Å². The van der Waals surface area contributed by atoms with Crippen molar-refractivity contribution in [3.8, 4) is 6.07 Å². The Hall–Kier alpha value is -3.20. The summed E-state index contributed by atoms with van der Waals surface area (Å²) in [4.78, 5) is 17.4. The van der Waals surface area contributed by atoms with Crippen LogP contribution in [-0.4, -0.2) is 72.1 Å². The average Bonchev–Trinajstić information content (AvgIpc) is 3.34. The summed E-state index contributed by atoms with van der Waals surface area (Å²) >= 11 is 1.66. The van der Waals surface area contributed by atoms with Gasteiger partial charge in [-0.2, -0.15) is 5.26 Å². The molecule has 1 fully saturated rings. The average molecular weight is 593 g/mol. The number of rotatable bonds is 11. The number of amides is 1. The van der Waals surface area contributed by atoms with Crippen LogP contribution >= 0.6 is 11.8 Å². The number of aryl methyl sites for hydroxylation is 1. The standard InChI is InChI=1S/C31H36N4O4S2/c1-23-9-7-8-12-26(23)19-34(3)20-31(2)21-35(22-40-31)30(37)29(36)28(17-24-10-5-4-6-11-24)33-41(38,39)27-15-13-25(18-32)14-16-27/h4-16,28-29,33,36H,17,19-22H2,1-3H3. The van der Waals surface area contributed by atoms with E-state index in [1.807, 2.05) is 48.5 Å². The molecule has 0 aliphatic carbocycles. The third-order valence-electron chi connectivity index (χ3n) is 7.24. The van der Waals surface area contributed by atoms with Crippen LogP contribution in [0.4, 0.5) is 0 Å². The molecular weight excluding hydrogens is 556 g/mol. The summed E-state index contributed by atoms with van der Waals surface area (Å²) in [7, 11) is -2.02. The number of aliphatic hydroxyl groups is 1. The highest BCUT2D eigenvalue weighted by atomic mass is 32.2. The Morgan fingerprint density at radius 1 is 1.12 bits per heavy atom. The molecule has 41 heavy (non-hydrogen) atoms. The molecule has 3 atom stereocenters. The number of benzene rings is 3. The molecule has 10 heteroatoms. The van der Waals surface area contributed by atoms with Gasteiger partial charge in [-0.3, -0.25) is 4.79 Å². The molecule has 0 bridgehead atoms. The molecule has 0 saturated carbocycles. The Labute approximate surface area is 247 Å². The Balaban J connectivity index is 1.47. The third kappa shape index (κ3) is 7.97. The van der Waals surface area contributed by atoms with Gasteiger partial charge in [0.2, 0.25) is 10.0 Å². The number of aliphatic hydroxyl groups excluding tert-OH is 1. The van der Waals surface area contributed by atoms with Crippen LogP contribution in [0.2, 0.25) is 0 Å². The fourth-order valence-corrected chi connectivity index (χ4v) is 7.58. The smallest absolute Gasteiger partial charge is 0.253 e. The minimum Gasteiger partial charge on any atom is -0.382 e. The van der Waals surface area contributed by atoms with E-state index in [0.717, 1.165) is 18.7 Å². The second-order valence-electron chi connectivity index (χ2n) is 10.9. The second-order valence-corrected chi connectivity index (χ2v) is 14.1. The van der Waals surface area contributed by atoms with Crippen LogP contribution in [0.5, 0.6) is 0 Å². The van der Waals surface area contributed by atoms with Gasteiger partial charge in [0.1, 0.15) is 6.10 Å². The Morgan fingerprint density at radius 2 is 1.78 bits per heavy atom. The normalized spacial score (nSPS) is 18.7. The van der Waals surface area contributed by atoms with Gasteiger partial charge in [0, 0.05) is 24.4 Å². The van der Waals surface area contributed by atoms with Crippen LogP contribution in [0.15, 0.2) is 83.8 Å². The van der Waals surface area contributed by atoms with Crippen LogP contribution < -0.4 is 4.72 Å². The Morgan fingerprint density at radius 3 is 2.44 bits per heavy atom. The summed E-state index contributed by atoms with van der Waals surface area (Å²) in [6, 6.07) is 23.8. The third-order valence-corrected chi connectivity index (χ3v) is 10.1. The van der Waals surface area contributed by atoms with Crippen molar-refractivity contribution < 1.29 is 18.3 Å². The molecule has 8 nitrogen and oxygen atoms in total. The van der Waals surface area contributed by atoms with Crippen LogP contribution in [-0.2, 0) is 27.8 Å². The van der Waals surface area contributed by atoms with Crippen molar-refractivity contribution in [1.82, 2.24) is 14.5 Å². The van der Waals surface area contributed by atoms with Gasteiger partial charge in [-0.25, -0.2) is 13.1 Å². The maximum Gasteiger partial charge on any atom is 0.253 e. The number of thioether (sulfide) groups is 1. The maximum absolute atomic E-state index is 13.6. The maximum atomic E-state index is 13.6. The molecule has 4 rings (SSSR count). The summed E-state index contributed by atoms with van der Waals surface area (Å²) in [6.45, 7) is 6.17. The second kappa shape index (κ2) is 13.2. The summed E-state index contributed by atoms with van der Waals surface area (Å²) in [5.74, 6) is -0.100. The van der Waals surface area contributed by atoms with Crippen LogP contribution in [0.3, 0.4) is 0 Å². The van der Waals surface area contributed by atoms with Crippen LogP contribution in [0.1, 0.15) is 29.2 Å². The van der Waals surface area contributed by atoms with Gasteiger partial charge >= 0.3 is 0 Å². The molecule has 3 unspecified atom stereocenters. The highest BCUT2D eigenvalue weighted by Crippen LogP contribution is 2.35. The summed E-state index contributed by atoms with van der Waals surface area (Å²) in [5, 5.41) is 20.3. The first kappa shape index (κ1) is 30.8. The number of hydrogen-bond acceptors (Lipinski definition) is 7. The van der Waals surface area contributed by atoms with E-state index < -0.39 is 28.1 Å². The minimum atomic E-state index is -4.08. The van der Waals surface area contributed by atoms with Crippen molar-refractivity contribution in [3.63, 3.8) is 0 Å². The molecule has 1 aliphatic heterocycles. The number of nitriles is 1. The quantitative estimate of drug-likeness (QED) is 0.350. The number of nitrogens with zero attached hydrogens (tertiary/aromatic N) is 3. The van der Waals surface area contributed by atoms with Gasteiger partial charge in [0.25, 0.3) is 5.91 Å². The minimum absolute atomic E-state index is 0.0461. The zero-order chi connectivity index (χ0) is 29.6. The molecule has 1 aliphatic rings. The number of carbonyl (C=O) groups is 1. The van der Waals surface area contributed by atoms with Crippen molar-refractivity contribution in [3.05, 3.63) is 101 Å². The molecule has 1 amide bonds. The number of carbonyl (C=O) groups excluding carboxylic acids is 1. The molecular formula is C31H36N4O4S2. The van der Waals surface area contributed by atoms with Crippen LogP contribution in [0, 0.1) is 18.3 Å². The monoisotopic (exact) mass is 592 g/mol. The summed E-state index contributed by atoms with van der Waals surface area (Å²) in [5.41, 5.74) is 3.60. The van der Waals surface area contributed by atoms with E-state index in [0.29, 0.717) is 18.0 Å². The lowest BCUT2D eigenvalue weighted by atomic mass is 10.0. The molecule has 0 aromatic heterocycles. The van der Waals surface area contributed by atoms with E-state index in [4.69, 9.17) is 5.26 Å². The fourth-order valence-electron chi connectivity index (χ4n) is 5.09. The van der Waals surface area contributed by atoms with Crippen molar-refractivity contribution >= 4 is 27.7 Å². The summed E-state index contributed by atoms with van der Waals surface area (Å²) in [6.07, 6.45) is -1.46. The predicted molar refractivity (Wildman–Crippen MR) is 162 cm³/mol. The largest absolute Gasteiger partial charge is 0.382 e. The lowest BCUT2D eigenvalue weighted by molar-refractivity contribution is -0.140. The number of nitrogens with one attached hydrogen (secondary N) is 1. The highest BCUT2D eigenvalue weighted by molar-refractivity contribution is 8.00. The van der Waals surface area contributed by atoms with Gasteiger partial charge in [0.15, 0.2) is 0 Å². The SMILES string of the molecule is Cc1ccccc1CN(C)CC1(C)CN(C(=O)C(O)C(Cc2ccccc2)NS(=O)(=O)c2ccc(C#N)cc2)CS1. The van der Waals surface area contributed by atoms with Crippen LogP contribution in [0.25, 0.3) is 0 Å². The molecule has 1 heterocycles. The molecule has 0 spiro atoms. The molecule has 3 aromatic rings. The topological polar surface area (TPSA) is 114 Å². The molecule has 2 N–H and O–H groups in total. The summed E-state index contributed by atoms with van der Waals surface area (Å²) < 4.78 is 28.8. The molecule has 1 saturated heterocycles. The van der Waals surface area contributed by atoms with Crippen molar-refractivity contribution in [1.29, 1.82) is 5.26 Å². The van der Waals surface area contributed by atoms with Gasteiger partial charge in [-0.15, -0.1) is 11.8 Å². The van der Waals surface area contributed by atoms with Gasteiger partial charge in [-0.1, -0.05) is 54.6 Å². The van der Waals surface area contributed by atoms with Crippen molar-refractivity contribution in [2.75, 3.05) is 26.0 Å². The van der Waals surface area contributed by atoms with E-state index in [9.17, 15) is 18.3 Å². The number of sulfonamides is 1. The lowest BCUT2D eigenvalue weighted by Gasteiger charge is -2.31. The first-order chi connectivity index (χ1) is 19.5. The Bertz CT molecular complexity index is 1490. The first-order valence-corrected chi connectivity index (χ1v) is 15.9. The van der Waals surface area contributed by atoms with E-state index in [2.05, 4.69) is 42.6 Å². The van der Waals surface area contributed by atoms with Gasteiger partial charge in [0.05, 0.1) is 28.4 Å². The fraction of sp³-hybridized carbons (Fsp3) is 0.355. The molecule has 216 valence electrons. The van der Waals surface area contributed by atoms with E-state index in [-0.39, 0.29) is 16.1 Å². The highest BCUT2D eigenvalue weighted by Gasteiger charge is 2.41. The Kier molecular flexibility index (Phi) is 9.89. The molecule has 3 aromatic carbocycles. The van der Waals surface area contributed by atoms with Crippen molar-refractivity contribution in [2.24, 2.45) is 0 Å². The van der Waals surface area contributed by atoms with E-state index in [1.54, 1.807) is 16.7 Å². The molecule has 0 radical (unpaired) electrons. The lowest BCUT2D eigenvalue weighted by Crippen LogP contribution is -2.53. The predicted octanol–water partition coefficient (Wildman–Crippen LogP) is 3.54. The van der Waals surface area contributed by atoms with E-state index >= 15 is 0 Å².